The molecule has 5 heteroatoms. The first-order valence-electron chi connectivity index (χ1n) is 2.78. The van der Waals surface area contributed by atoms with E-state index in [0.717, 1.165) is 0 Å². The summed E-state index contributed by atoms with van der Waals surface area (Å²) in [6.07, 6.45) is 1.44. The summed E-state index contributed by atoms with van der Waals surface area (Å²) in [6.45, 7) is 0.224. The lowest BCUT2D eigenvalue weighted by Gasteiger charge is -1.90. The largest absolute Gasteiger partial charge is 0.365 e. The average Bonchev–Trinajstić information content (AvgIpc) is 2.33. The molecule has 1 amide bonds. The molecule has 0 radical (unpaired) electrons. The third kappa shape index (κ3) is 0.985. The Kier molecular flexibility index (Phi) is 1.68. The maximum Gasteiger partial charge on any atom is 0.252 e. The SMILES string of the molecule is NCc1n[nH]cc1C(N)=O. The molecule has 0 aliphatic carbocycles. The van der Waals surface area contributed by atoms with Crippen LogP contribution in [0.15, 0.2) is 6.20 Å². The van der Waals surface area contributed by atoms with Crippen molar-refractivity contribution in [3.8, 4) is 0 Å². The number of nitrogens with zero attached hydrogens (tertiary/aromatic N) is 1. The number of carbonyl (C=O) groups is 1. The van der Waals surface area contributed by atoms with Crippen LogP contribution in [0.3, 0.4) is 0 Å². The van der Waals surface area contributed by atoms with E-state index < -0.39 is 5.91 Å². The minimum absolute atomic E-state index is 0.224. The van der Waals surface area contributed by atoms with Gasteiger partial charge in [0, 0.05) is 12.7 Å². The summed E-state index contributed by atoms with van der Waals surface area (Å²) >= 11 is 0. The van der Waals surface area contributed by atoms with Crippen molar-refractivity contribution in [3.63, 3.8) is 0 Å². The topological polar surface area (TPSA) is 97.8 Å². The summed E-state index contributed by atoms with van der Waals surface area (Å²) in [6, 6.07) is 0. The third-order valence-electron chi connectivity index (χ3n) is 1.18. The van der Waals surface area contributed by atoms with Gasteiger partial charge in [0.1, 0.15) is 0 Å². The van der Waals surface area contributed by atoms with Crippen LogP contribution in [0.1, 0.15) is 16.1 Å². The Morgan fingerprint density at radius 3 is 2.90 bits per heavy atom. The normalized spacial score (nSPS) is 9.70. The van der Waals surface area contributed by atoms with E-state index in [0.29, 0.717) is 11.3 Å². The molecule has 1 heterocycles. The predicted molar refractivity (Wildman–Crippen MR) is 35.0 cm³/mol. The van der Waals surface area contributed by atoms with Crippen molar-refractivity contribution in [3.05, 3.63) is 17.5 Å². The Balaban J connectivity index is 3.01. The molecule has 1 aromatic heterocycles. The Labute approximate surface area is 57.4 Å². The van der Waals surface area contributed by atoms with Crippen LogP contribution in [0, 0.1) is 0 Å². The standard InChI is InChI=1S/C5H8N4O/c6-1-4-3(5(7)10)2-8-9-4/h2H,1,6H2,(H2,7,10)(H,8,9). The van der Waals surface area contributed by atoms with Crippen LogP contribution in [0.2, 0.25) is 0 Å². The number of carbonyl (C=O) groups excluding carboxylic acids is 1. The van der Waals surface area contributed by atoms with Gasteiger partial charge >= 0.3 is 0 Å². The summed E-state index contributed by atoms with van der Waals surface area (Å²) in [5.41, 5.74) is 11.1. The van der Waals surface area contributed by atoms with Gasteiger partial charge in [-0.3, -0.25) is 9.89 Å². The number of nitrogens with two attached hydrogens (primary N) is 2. The zero-order valence-corrected chi connectivity index (χ0v) is 5.29. The van der Waals surface area contributed by atoms with Crippen molar-refractivity contribution in [2.75, 3.05) is 0 Å². The zero-order valence-electron chi connectivity index (χ0n) is 5.29. The van der Waals surface area contributed by atoms with Gasteiger partial charge in [-0.05, 0) is 0 Å². The molecular formula is C5H8N4O. The number of hydrogen-bond donors (Lipinski definition) is 3. The van der Waals surface area contributed by atoms with E-state index in [4.69, 9.17) is 11.5 Å². The molecule has 0 bridgehead atoms. The summed E-state index contributed by atoms with van der Waals surface area (Å²) in [7, 11) is 0. The lowest BCUT2D eigenvalue weighted by Crippen LogP contribution is -2.13. The molecule has 1 rings (SSSR count). The summed E-state index contributed by atoms with van der Waals surface area (Å²) in [5.74, 6) is -0.505. The molecular weight excluding hydrogens is 132 g/mol. The number of nitrogens with one attached hydrogen (secondary N) is 1. The second-order valence-electron chi connectivity index (χ2n) is 1.81. The van der Waals surface area contributed by atoms with Crippen LogP contribution in [0.25, 0.3) is 0 Å². The van der Waals surface area contributed by atoms with Gasteiger partial charge in [0.25, 0.3) is 5.91 Å². The van der Waals surface area contributed by atoms with E-state index in [1.54, 1.807) is 0 Å². The van der Waals surface area contributed by atoms with Crippen LogP contribution in [-0.4, -0.2) is 16.1 Å². The first kappa shape index (κ1) is 6.76. The van der Waals surface area contributed by atoms with Gasteiger partial charge in [0.2, 0.25) is 0 Å². The van der Waals surface area contributed by atoms with Gasteiger partial charge in [-0.2, -0.15) is 5.10 Å². The molecule has 0 aliphatic heterocycles. The number of amides is 1. The van der Waals surface area contributed by atoms with E-state index in [9.17, 15) is 4.79 Å². The maximum absolute atomic E-state index is 10.5. The number of rotatable bonds is 2. The zero-order chi connectivity index (χ0) is 7.56. The van der Waals surface area contributed by atoms with Crippen molar-refractivity contribution < 1.29 is 4.79 Å². The van der Waals surface area contributed by atoms with Crippen LogP contribution in [0.4, 0.5) is 0 Å². The Morgan fingerprint density at radius 1 is 1.80 bits per heavy atom. The van der Waals surface area contributed by atoms with E-state index in [2.05, 4.69) is 10.2 Å². The molecule has 0 atom stereocenters. The molecule has 0 aromatic carbocycles. The minimum Gasteiger partial charge on any atom is -0.365 e. The second-order valence-corrected chi connectivity index (χ2v) is 1.81. The monoisotopic (exact) mass is 140 g/mol. The van der Waals surface area contributed by atoms with E-state index in [1.165, 1.54) is 6.20 Å². The van der Waals surface area contributed by atoms with Crippen molar-refractivity contribution in [2.24, 2.45) is 11.5 Å². The molecule has 0 aliphatic rings. The number of primary amides is 1. The van der Waals surface area contributed by atoms with Gasteiger partial charge in [-0.25, -0.2) is 0 Å². The van der Waals surface area contributed by atoms with Gasteiger partial charge in [0.15, 0.2) is 0 Å². The van der Waals surface area contributed by atoms with Crippen LogP contribution in [-0.2, 0) is 6.54 Å². The quantitative estimate of drug-likeness (QED) is 0.489. The lowest BCUT2D eigenvalue weighted by molar-refractivity contribution is 0.0999. The number of hydrogen-bond acceptors (Lipinski definition) is 3. The molecule has 5 nitrogen and oxygen atoms in total. The van der Waals surface area contributed by atoms with E-state index in [1.807, 2.05) is 0 Å². The number of H-pyrrole nitrogens is 1. The summed E-state index contributed by atoms with van der Waals surface area (Å²) in [4.78, 5) is 10.5. The molecule has 0 unspecified atom stereocenters. The van der Waals surface area contributed by atoms with Gasteiger partial charge in [0.05, 0.1) is 11.3 Å². The maximum atomic E-state index is 10.5. The fourth-order valence-corrected chi connectivity index (χ4v) is 0.687. The highest BCUT2D eigenvalue weighted by Gasteiger charge is 2.07. The van der Waals surface area contributed by atoms with Gasteiger partial charge < -0.3 is 11.5 Å². The Hall–Kier alpha value is -1.36. The fourth-order valence-electron chi connectivity index (χ4n) is 0.687. The molecule has 0 saturated heterocycles. The second kappa shape index (κ2) is 2.49. The Bertz CT molecular complexity index is 242. The van der Waals surface area contributed by atoms with Crippen LogP contribution < -0.4 is 11.5 Å². The molecule has 0 spiro atoms. The minimum atomic E-state index is -0.505. The van der Waals surface area contributed by atoms with Gasteiger partial charge in [-0.1, -0.05) is 0 Å². The molecule has 10 heavy (non-hydrogen) atoms. The summed E-state index contributed by atoms with van der Waals surface area (Å²) < 4.78 is 0. The lowest BCUT2D eigenvalue weighted by atomic mass is 10.2. The highest BCUT2D eigenvalue weighted by molar-refractivity contribution is 5.93. The first-order valence-corrected chi connectivity index (χ1v) is 2.78. The summed E-state index contributed by atoms with van der Waals surface area (Å²) in [5, 5.41) is 6.20. The molecule has 54 valence electrons. The van der Waals surface area contributed by atoms with Gasteiger partial charge in [-0.15, -0.1) is 0 Å². The predicted octanol–water partition coefficient (Wildman–Crippen LogP) is -1.03. The molecule has 5 N–H and O–H groups in total. The van der Waals surface area contributed by atoms with Crippen molar-refractivity contribution >= 4 is 5.91 Å². The van der Waals surface area contributed by atoms with E-state index >= 15 is 0 Å². The third-order valence-corrected chi connectivity index (χ3v) is 1.18. The molecule has 0 fully saturated rings. The molecule has 1 aromatic rings. The first-order chi connectivity index (χ1) is 4.75. The van der Waals surface area contributed by atoms with Crippen LogP contribution >= 0.6 is 0 Å². The van der Waals surface area contributed by atoms with Crippen LogP contribution in [0.5, 0.6) is 0 Å². The Morgan fingerprint density at radius 2 is 2.50 bits per heavy atom. The highest BCUT2D eigenvalue weighted by Crippen LogP contribution is 2.00. The average molecular weight is 140 g/mol. The molecule has 0 saturated carbocycles. The van der Waals surface area contributed by atoms with Crippen molar-refractivity contribution in [2.45, 2.75) is 6.54 Å². The van der Waals surface area contributed by atoms with Crippen molar-refractivity contribution in [1.29, 1.82) is 0 Å². The fraction of sp³-hybridized carbons (Fsp3) is 0.200. The number of aromatic amines is 1. The van der Waals surface area contributed by atoms with Crippen molar-refractivity contribution in [1.82, 2.24) is 10.2 Å². The number of aromatic nitrogens is 2. The van der Waals surface area contributed by atoms with E-state index in [-0.39, 0.29) is 6.54 Å². The highest BCUT2D eigenvalue weighted by atomic mass is 16.1. The smallest absolute Gasteiger partial charge is 0.252 e.